The summed E-state index contributed by atoms with van der Waals surface area (Å²) >= 11 is 0.650. The summed E-state index contributed by atoms with van der Waals surface area (Å²) in [7, 11) is 0. The number of aryl methyl sites for hydroxylation is 1. The smallest absolute Gasteiger partial charge is 0.425 e. The van der Waals surface area contributed by atoms with Gasteiger partial charge in [-0.25, -0.2) is 5.10 Å². The minimum absolute atomic E-state index is 0.0209. The van der Waals surface area contributed by atoms with Crippen molar-refractivity contribution in [1.29, 1.82) is 0 Å². The summed E-state index contributed by atoms with van der Waals surface area (Å²) in [6.45, 7) is 1.80. The zero-order valence-electron chi connectivity index (χ0n) is 14.3. The molecule has 1 fully saturated rings. The first kappa shape index (κ1) is 18.8. The van der Waals surface area contributed by atoms with E-state index in [1.165, 1.54) is 18.7 Å². The molecule has 2 heterocycles. The molecule has 1 aliphatic carbocycles. The molecule has 1 N–H and O–H groups in total. The summed E-state index contributed by atoms with van der Waals surface area (Å²) in [5, 5.41) is 10.8. The number of rotatable bonds is 6. The number of oxime groups is 1. The molecule has 1 saturated carbocycles. The molecule has 9 heteroatoms. The third-order valence-corrected chi connectivity index (χ3v) is 5.30. The normalized spacial score (nSPS) is 16.3. The van der Waals surface area contributed by atoms with Crippen LogP contribution in [0.5, 0.6) is 5.88 Å². The van der Waals surface area contributed by atoms with Crippen LogP contribution in [0.3, 0.4) is 0 Å². The molecule has 5 nitrogen and oxygen atoms in total. The van der Waals surface area contributed by atoms with Crippen molar-refractivity contribution in [2.24, 2.45) is 5.16 Å². The van der Waals surface area contributed by atoms with Crippen molar-refractivity contribution in [3.05, 3.63) is 33.1 Å². The lowest BCUT2D eigenvalue weighted by Crippen LogP contribution is -2.20. The first-order valence-corrected chi connectivity index (χ1v) is 9.28. The van der Waals surface area contributed by atoms with Gasteiger partial charge in [0.15, 0.2) is 6.61 Å². The second-order valence-electron chi connectivity index (χ2n) is 6.20. The molecule has 2 aromatic heterocycles. The molecule has 1 aliphatic rings. The molecule has 26 heavy (non-hydrogen) atoms. The van der Waals surface area contributed by atoms with Crippen LogP contribution in [0, 0.1) is 6.92 Å². The fraction of sp³-hybridized carbons (Fsp3) is 0.529. The second-order valence-corrected chi connectivity index (χ2v) is 7.37. The highest BCUT2D eigenvalue weighted by molar-refractivity contribution is 7.12. The van der Waals surface area contributed by atoms with E-state index in [1.54, 1.807) is 0 Å². The monoisotopic (exact) mass is 387 g/mol. The Hall–Kier alpha value is -2.03. The summed E-state index contributed by atoms with van der Waals surface area (Å²) < 4.78 is 43.7. The molecule has 0 unspecified atom stereocenters. The van der Waals surface area contributed by atoms with Gasteiger partial charge < -0.3 is 9.57 Å². The summed E-state index contributed by atoms with van der Waals surface area (Å²) in [5.74, 6) is 0.553. The Morgan fingerprint density at radius 3 is 2.77 bits per heavy atom. The highest BCUT2D eigenvalue weighted by Gasteiger charge is 2.32. The third-order valence-electron chi connectivity index (χ3n) is 4.20. The predicted octanol–water partition coefficient (Wildman–Crippen LogP) is 5.06. The van der Waals surface area contributed by atoms with Crippen LogP contribution in [-0.2, 0) is 17.6 Å². The van der Waals surface area contributed by atoms with Gasteiger partial charge in [-0.05, 0) is 44.7 Å². The van der Waals surface area contributed by atoms with E-state index < -0.39 is 11.1 Å². The van der Waals surface area contributed by atoms with E-state index in [0.717, 1.165) is 37.4 Å². The van der Waals surface area contributed by atoms with E-state index in [-0.39, 0.29) is 12.7 Å². The van der Waals surface area contributed by atoms with Crippen molar-refractivity contribution in [3.63, 3.8) is 0 Å². The van der Waals surface area contributed by atoms with Gasteiger partial charge >= 0.3 is 6.18 Å². The maximum atomic E-state index is 12.6. The van der Waals surface area contributed by atoms with Crippen LogP contribution in [0.4, 0.5) is 13.2 Å². The Balaban J connectivity index is 1.56. The molecule has 2 aromatic rings. The molecule has 3 rings (SSSR count). The van der Waals surface area contributed by atoms with Crippen LogP contribution in [0.2, 0.25) is 0 Å². The molecule has 0 atom stereocenters. The van der Waals surface area contributed by atoms with Crippen LogP contribution >= 0.6 is 11.3 Å². The highest BCUT2D eigenvalue weighted by atomic mass is 32.1. The largest absolute Gasteiger partial charge is 0.474 e. The van der Waals surface area contributed by atoms with Gasteiger partial charge in [0.05, 0.1) is 17.5 Å². The first-order valence-electron chi connectivity index (χ1n) is 8.46. The van der Waals surface area contributed by atoms with Gasteiger partial charge in [0.1, 0.15) is 11.0 Å². The van der Waals surface area contributed by atoms with E-state index in [0.29, 0.717) is 27.7 Å². The molecular weight excluding hydrogens is 367 g/mol. The van der Waals surface area contributed by atoms with Crippen molar-refractivity contribution in [1.82, 2.24) is 10.2 Å². The molecule has 0 aromatic carbocycles. The molecule has 0 radical (unpaired) electrons. The summed E-state index contributed by atoms with van der Waals surface area (Å²) in [6.07, 6.45) is 2.92. The highest BCUT2D eigenvalue weighted by Crippen LogP contribution is 2.34. The Morgan fingerprint density at radius 2 is 2.08 bits per heavy atom. The van der Waals surface area contributed by atoms with Crippen molar-refractivity contribution in [3.8, 4) is 5.88 Å². The number of halogens is 3. The fourth-order valence-corrected chi connectivity index (χ4v) is 3.59. The Kier molecular flexibility index (Phi) is 5.85. The van der Waals surface area contributed by atoms with Crippen LogP contribution in [0.25, 0.3) is 0 Å². The summed E-state index contributed by atoms with van der Waals surface area (Å²) in [6, 6.07) is 2.44. The number of H-pyrrole nitrogens is 1. The predicted molar refractivity (Wildman–Crippen MR) is 92.5 cm³/mol. The van der Waals surface area contributed by atoms with Crippen LogP contribution < -0.4 is 4.74 Å². The Morgan fingerprint density at radius 1 is 1.31 bits per heavy atom. The number of hydrogen-bond donors (Lipinski definition) is 1. The average molecular weight is 387 g/mol. The van der Waals surface area contributed by atoms with Gasteiger partial charge in [0.25, 0.3) is 0 Å². The SMILES string of the molecule is Cc1n[nH]c(OC2CCCCC2)c1/C=N/OCc1ccc(C(F)(F)F)s1. The maximum Gasteiger partial charge on any atom is 0.425 e. The number of hydrogen-bond acceptors (Lipinski definition) is 5. The second kappa shape index (κ2) is 8.11. The number of aromatic nitrogens is 2. The summed E-state index contributed by atoms with van der Waals surface area (Å²) in [4.78, 5) is 4.95. The topological polar surface area (TPSA) is 59.5 Å². The Labute approximate surface area is 153 Å². The van der Waals surface area contributed by atoms with Gasteiger partial charge in [-0.2, -0.15) is 18.3 Å². The Bertz CT molecular complexity index is 749. The molecule has 0 saturated heterocycles. The summed E-state index contributed by atoms with van der Waals surface area (Å²) in [5.41, 5.74) is 1.41. The molecule has 0 amide bonds. The van der Waals surface area contributed by atoms with E-state index in [4.69, 9.17) is 9.57 Å². The fourth-order valence-electron chi connectivity index (χ4n) is 2.81. The van der Waals surface area contributed by atoms with Crippen LogP contribution in [-0.4, -0.2) is 22.5 Å². The van der Waals surface area contributed by atoms with E-state index in [2.05, 4.69) is 15.4 Å². The molecule has 142 valence electrons. The van der Waals surface area contributed by atoms with Crippen molar-refractivity contribution >= 4 is 17.6 Å². The van der Waals surface area contributed by atoms with Gasteiger partial charge in [-0.1, -0.05) is 11.6 Å². The number of ether oxygens (including phenoxy) is 1. The van der Waals surface area contributed by atoms with Gasteiger partial charge in [0, 0.05) is 4.88 Å². The number of nitrogens with one attached hydrogen (secondary N) is 1. The first-order chi connectivity index (χ1) is 12.4. The minimum atomic E-state index is -4.33. The zero-order valence-corrected chi connectivity index (χ0v) is 15.1. The number of aromatic amines is 1. The molecular formula is C17H20F3N3O2S. The number of alkyl halides is 3. The number of nitrogens with zero attached hydrogens (tertiary/aromatic N) is 2. The lowest BCUT2D eigenvalue weighted by molar-refractivity contribution is -0.134. The van der Waals surface area contributed by atoms with Crippen LogP contribution in [0.15, 0.2) is 17.3 Å². The average Bonchev–Trinajstić information content (AvgIpc) is 3.21. The quantitative estimate of drug-likeness (QED) is 0.557. The maximum absolute atomic E-state index is 12.6. The molecule has 0 aliphatic heterocycles. The molecule has 0 bridgehead atoms. The van der Waals surface area contributed by atoms with Crippen LogP contribution in [0.1, 0.15) is 53.1 Å². The molecule has 0 spiro atoms. The lowest BCUT2D eigenvalue weighted by atomic mass is 9.98. The lowest BCUT2D eigenvalue weighted by Gasteiger charge is -2.22. The van der Waals surface area contributed by atoms with E-state index in [1.807, 2.05) is 6.92 Å². The van der Waals surface area contributed by atoms with E-state index in [9.17, 15) is 13.2 Å². The zero-order chi connectivity index (χ0) is 18.6. The van der Waals surface area contributed by atoms with Gasteiger partial charge in [-0.3, -0.25) is 0 Å². The third kappa shape index (κ3) is 4.78. The standard InChI is InChI=1S/C17H20F3N3O2S/c1-11-14(16(23-22-11)25-12-5-3-2-4-6-12)9-21-24-10-13-7-8-15(26-13)17(18,19)20/h7-9,12H,2-6,10H2,1H3,(H,22,23)/b21-9+. The number of thiophene rings is 1. The van der Waals surface area contributed by atoms with E-state index >= 15 is 0 Å². The van der Waals surface area contributed by atoms with Crippen molar-refractivity contribution < 1.29 is 22.7 Å². The van der Waals surface area contributed by atoms with Gasteiger partial charge in [0.2, 0.25) is 5.88 Å². The minimum Gasteiger partial charge on any atom is -0.474 e. The van der Waals surface area contributed by atoms with Gasteiger partial charge in [-0.15, -0.1) is 11.3 Å². The van der Waals surface area contributed by atoms with Crippen molar-refractivity contribution in [2.75, 3.05) is 0 Å². The van der Waals surface area contributed by atoms with Crippen molar-refractivity contribution in [2.45, 2.75) is 57.9 Å².